The van der Waals surface area contributed by atoms with E-state index in [9.17, 15) is 8.42 Å². The van der Waals surface area contributed by atoms with Gasteiger partial charge in [-0.1, -0.05) is 45.2 Å². The number of nitrogens with one attached hydrogen (secondary N) is 1. The summed E-state index contributed by atoms with van der Waals surface area (Å²) < 4.78 is 33.1. The van der Waals surface area contributed by atoms with Gasteiger partial charge in [0.05, 0.1) is 12.0 Å². The van der Waals surface area contributed by atoms with Crippen LogP contribution in [0.2, 0.25) is 0 Å². The molecular weight excluding hydrogens is 322 g/mol. The lowest BCUT2D eigenvalue weighted by Gasteiger charge is -2.15. The molecule has 0 aromatic heterocycles. The van der Waals surface area contributed by atoms with Gasteiger partial charge in [-0.3, -0.25) is 0 Å². The van der Waals surface area contributed by atoms with Crippen molar-refractivity contribution < 1.29 is 13.2 Å². The van der Waals surface area contributed by atoms with Crippen molar-refractivity contribution in [2.75, 3.05) is 13.7 Å². The molecule has 2 rings (SSSR count). The fourth-order valence-electron chi connectivity index (χ4n) is 2.75. The number of hydrogen-bond acceptors (Lipinski definition) is 3. The molecule has 0 fully saturated rings. The predicted octanol–water partition coefficient (Wildman–Crippen LogP) is 4.34. The van der Waals surface area contributed by atoms with E-state index in [-0.39, 0.29) is 0 Å². The molecule has 0 spiro atoms. The molecule has 0 heterocycles. The topological polar surface area (TPSA) is 55.4 Å². The van der Waals surface area contributed by atoms with Crippen LogP contribution in [0, 0.1) is 5.92 Å². The quantitative estimate of drug-likeness (QED) is 0.732. The summed E-state index contributed by atoms with van der Waals surface area (Å²) in [6.45, 7) is 4.76. The molecule has 0 bridgehead atoms. The summed E-state index contributed by atoms with van der Waals surface area (Å²) in [5.74, 6) is 1.15. The highest BCUT2D eigenvalue weighted by Gasteiger charge is 2.16. The van der Waals surface area contributed by atoms with Crippen LogP contribution in [0.5, 0.6) is 5.75 Å². The van der Waals surface area contributed by atoms with Crippen LogP contribution >= 0.6 is 0 Å². The van der Waals surface area contributed by atoms with Crippen LogP contribution in [0.25, 0.3) is 10.8 Å². The Morgan fingerprint density at radius 3 is 2.46 bits per heavy atom. The molecule has 0 amide bonds. The number of benzene rings is 2. The fourth-order valence-corrected chi connectivity index (χ4v) is 3.90. The molecule has 0 aliphatic carbocycles. The lowest BCUT2D eigenvalue weighted by Crippen LogP contribution is -2.29. The van der Waals surface area contributed by atoms with Gasteiger partial charge < -0.3 is 4.74 Å². The second-order valence-corrected chi connectivity index (χ2v) is 7.91. The zero-order valence-corrected chi connectivity index (χ0v) is 15.5. The van der Waals surface area contributed by atoms with Crippen molar-refractivity contribution in [2.45, 2.75) is 44.4 Å². The van der Waals surface area contributed by atoms with Crippen LogP contribution in [0.1, 0.15) is 39.5 Å². The van der Waals surface area contributed by atoms with Gasteiger partial charge >= 0.3 is 0 Å². The van der Waals surface area contributed by atoms with E-state index in [2.05, 4.69) is 18.6 Å². The maximum absolute atomic E-state index is 12.6. The number of ether oxygens (including phenoxy) is 1. The third-order valence-electron chi connectivity index (χ3n) is 4.43. The zero-order chi connectivity index (χ0) is 17.6. The molecule has 24 heavy (non-hydrogen) atoms. The molecule has 0 aliphatic rings. The van der Waals surface area contributed by atoms with Gasteiger partial charge in [-0.05, 0) is 47.4 Å². The number of sulfonamides is 1. The first-order valence-corrected chi connectivity index (χ1v) is 10.1. The summed E-state index contributed by atoms with van der Waals surface area (Å²) in [6, 6.07) is 10.8. The van der Waals surface area contributed by atoms with Gasteiger partial charge in [0.2, 0.25) is 10.0 Å². The molecule has 0 saturated carbocycles. The predicted molar refractivity (Wildman–Crippen MR) is 99.0 cm³/mol. The molecule has 0 unspecified atom stereocenters. The van der Waals surface area contributed by atoms with E-state index in [0.29, 0.717) is 17.4 Å². The molecule has 5 heteroatoms. The summed E-state index contributed by atoms with van der Waals surface area (Å²) >= 11 is 0. The van der Waals surface area contributed by atoms with Crippen LogP contribution in [0.4, 0.5) is 0 Å². The van der Waals surface area contributed by atoms with Crippen LogP contribution < -0.4 is 9.46 Å². The van der Waals surface area contributed by atoms with E-state index >= 15 is 0 Å². The van der Waals surface area contributed by atoms with Crippen molar-refractivity contribution in [3.63, 3.8) is 0 Å². The minimum atomic E-state index is -3.48. The van der Waals surface area contributed by atoms with Gasteiger partial charge in [-0.25, -0.2) is 13.1 Å². The van der Waals surface area contributed by atoms with Gasteiger partial charge in [0.25, 0.3) is 0 Å². The Balaban J connectivity index is 2.15. The van der Waals surface area contributed by atoms with E-state index in [4.69, 9.17) is 4.74 Å². The first-order valence-electron chi connectivity index (χ1n) is 8.57. The number of methoxy groups -OCH3 is 1. The maximum atomic E-state index is 12.6. The van der Waals surface area contributed by atoms with Crippen molar-refractivity contribution in [3.05, 3.63) is 36.4 Å². The molecular formula is C19H27NO3S. The summed E-state index contributed by atoms with van der Waals surface area (Å²) in [5, 5.41) is 1.85. The van der Waals surface area contributed by atoms with Gasteiger partial charge in [0, 0.05) is 6.54 Å². The number of fused-ring (bicyclic) bond motifs is 1. The van der Waals surface area contributed by atoms with Crippen molar-refractivity contribution in [1.29, 1.82) is 0 Å². The van der Waals surface area contributed by atoms with E-state index < -0.39 is 10.0 Å². The Morgan fingerprint density at radius 2 is 1.79 bits per heavy atom. The Kier molecular flexibility index (Phi) is 6.63. The van der Waals surface area contributed by atoms with Crippen molar-refractivity contribution >= 4 is 20.8 Å². The first kappa shape index (κ1) is 18.7. The third-order valence-corrected chi connectivity index (χ3v) is 5.86. The molecule has 2 aromatic rings. The molecule has 1 atom stereocenters. The number of rotatable bonds is 9. The van der Waals surface area contributed by atoms with Gasteiger partial charge in [-0.2, -0.15) is 0 Å². The van der Waals surface area contributed by atoms with E-state index in [1.165, 1.54) is 0 Å². The molecule has 2 aromatic carbocycles. The second kappa shape index (κ2) is 8.49. The Morgan fingerprint density at radius 1 is 1.08 bits per heavy atom. The summed E-state index contributed by atoms with van der Waals surface area (Å²) in [4.78, 5) is 0.311. The van der Waals surface area contributed by atoms with Crippen LogP contribution in [-0.4, -0.2) is 22.1 Å². The largest absolute Gasteiger partial charge is 0.497 e. The summed E-state index contributed by atoms with van der Waals surface area (Å²) in [7, 11) is -1.86. The summed E-state index contributed by atoms with van der Waals surface area (Å²) in [6.07, 6.45) is 4.32. The molecule has 4 nitrogen and oxygen atoms in total. The maximum Gasteiger partial charge on any atom is 0.240 e. The fraction of sp³-hybridized carbons (Fsp3) is 0.474. The highest BCUT2D eigenvalue weighted by atomic mass is 32.2. The van der Waals surface area contributed by atoms with Crippen molar-refractivity contribution in [2.24, 2.45) is 5.92 Å². The Labute approximate surface area is 145 Å². The third kappa shape index (κ3) is 4.71. The smallest absolute Gasteiger partial charge is 0.240 e. The van der Waals surface area contributed by atoms with Crippen LogP contribution in [0.3, 0.4) is 0 Å². The highest BCUT2D eigenvalue weighted by Crippen LogP contribution is 2.24. The van der Waals surface area contributed by atoms with E-state index in [0.717, 1.165) is 42.2 Å². The SMILES string of the molecule is CCCC[C@@H](CC)CNS(=O)(=O)c1ccc2cc(OC)ccc2c1. The molecule has 1 N–H and O–H groups in total. The van der Waals surface area contributed by atoms with Crippen molar-refractivity contribution in [1.82, 2.24) is 4.72 Å². The number of unbranched alkanes of at least 4 members (excludes halogenated alkanes) is 1. The average Bonchev–Trinajstić information content (AvgIpc) is 2.60. The normalized spacial score (nSPS) is 13.1. The lowest BCUT2D eigenvalue weighted by molar-refractivity contribution is 0.415. The van der Waals surface area contributed by atoms with E-state index in [1.54, 1.807) is 19.2 Å². The first-order chi connectivity index (χ1) is 11.5. The monoisotopic (exact) mass is 349 g/mol. The van der Waals surface area contributed by atoms with Crippen molar-refractivity contribution in [3.8, 4) is 5.75 Å². The van der Waals surface area contributed by atoms with Gasteiger partial charge in [-0.15, -0.1) is 0 Å². The second-order valence-electron chi connectivity index (χ2n) is 6.14. The molecule has 0 saturated heterocycles. The zero-order valence-electron chi connectivity index (χ0n) is 14.7. The average molecular weight is 349 g/mol. The van der Waals surface area contributed by atoms with Gasteiger partial charge in [0.15, 0.2) is 0 Å². The minimum absolute atomic E-state index is 0.311. The number of hydrogen-bond donors (Lipinski definition) is 1. The molecule has 0 radical (unpaired) electrons. The highest BCUT2D eigenvalue weighted by molar-refractivity contribution is 7.89. The summed E-state index contributed by atoms with van der Waals surface area (Å²) in [5.41, 5.74) is 0. The van der Waals surface area contributed by atoms with Gasteiger partial charge in [0.1, 0.15) is 5.75 Å². The minimum Gasteiger partial charge on any atom is -0.497 e. The molecule has 132 valence electrons. The van der Waals surface area contributed by atoms with Crippen LogP contribution in [-0.2, 0) is 10.0 Å². The standard InChI is InChI=1S/C19H27NO3S/c1-4-6-7-15(5-2)14-20-24(21,22)19-11-9-16-12-18(23-3)10-8-17(16)13-19/h8-13,15,20H,4-7,14H2,1-3H3/t15-/m1/s1. The Bertz CT molecular complexity index is 771. The molecule has 0 aliphatic heterocycles. The Hall–Kier alpha value is -1.59. The lowest BCUT2D eigenvalue weighted by atomic mass is 10.00. The van der Waals surface area contributed by atoms with E-state index in [1.807, 2.05) is 24.3 Å². The van der Waals surface area contributed by atoms with Crippen LogP contribution in [0.15, 0.2) is 41.3 Å².